The van der Waals surface area contributed by atoms with Gasteiger partial charge in [0.2, 0.25) is 0 Å². The molecule has 1 heterocycles. The topological polar surface area (TPSA) is 67.6 Å². The highest BCUT2D eigenvalue weighted by molar-refractivity contribution is 7.99. The number of anilines is 1. The summed E-state index contributed by atoms with van der Waals surface area (Å²) in [4.78, 5) is 0.985. The number of nitrogens with two attached hydrogens (primary N) is 1. The molecule has 1 aromatic carbocycles. The van der Waals surface area contributed by atoms with Crippen molar-refractivity contribution >= 4 is 17.4 Å². The molecular weight excluding hydrogens is 232 g/mol. The number of nitrogen functional groups attached to an aromatic ring is 1. The van der Waals surface area contributed by atoms with Crippen LogP contribution >= 0.6 is 11.8 Å². The van der Waals surface area contributed by atoms with Gasteiger partial charge in [0.05, 0.1) is 16.3 Å². The van der Waals surface area contributed by atoms with Crippen LogP contribution in [-0.4, -0.2) is 9.78 Å². The minimum atomic E-state index is 0.508. The predicted octanol–water partition coefficient (Wildman–Crippen LogP) is 2.33. The van der Waals surface area contributed by atoms with Gasteiger partial charge in [-0.2, -0.15) is 10.4 Å². The maximum absolute atomic E-state index is 8.91. The summed E-state index contributed by atoms with van der Waals surface area (Å²) in [5.74, 6) is 0. The molecule has 0 aliphatic heterocycles. The highest BCUT2D eigenvalue weighted by atomic mass is 32.2. The second-order valence-corrected chi connectivity index (χ2v) is 4.80. The van der Waals surface area contributed by atoms with Gasteiger partial charge in [0.25, 0.3) is 0 Å². The van der Waals surface area contributed by atoms with Gasteiger partial charge in [0.15, 0.2) is 0 Å². The lowest BCUT2D eigenvalue weighted by Crippen LogP contribution is -1.93. The van der Waals surface area contributed by atoms with E-state index in [1.807, 2.05) is 30.8 Å². The molecule has 5 heteroatoms. The largest absolute Gasteiger partial charge is 0.398 e. The van der Waals surface area contributed by atoms with Gasteiger partial charge in [0.1, 0.15) is 6.07 Å². The van der Waals surface area contributed by atoms with Crippen molar-refractivity contribution in [3.8, 4) is 6.07 Å². The number of hydrogen-bond acceptors (Lipinski definition) is 4. The summed E-state index contributed by atoms with van der Waals surface area (Å²) in [5.41, 5.74) is 7.68. The van der Waals surface area contributed by atoms with Crippen molar-refractivity contribution < 1.29 is 0 Å². The molecule has 0 saturated carbocycles. The van der Waals surface area contributed by atoms with E-state index in [0.717, 1.165) is 15.6 Å². The molecule has 0 spiro atoms. The second kappa shape index (κ2) is 4.52. The number of rotatable bonds is 2. The van der Waals surface area contributed by atoms with Crippen LogP contribution in [0.25, 0.3) is 0 Å². The van der Waals surface area contributed by atoms with E-state index in [4.69, 9.17) is 11.0 Å². The number of nitriles is 1. The van der Waals surface area contributed by atoms with E-state index in [1.54, 1.807) is 23.9 Å². The van der Waals surface area contributed by atoms with Crippen LogP contribution in [0.3, 0.4) is 0 Å². The van der Waals surface area contributed by atoms with Crippen molar-refractivity contribution in [3.05, 3.63) is 35.5 Å². The first-order valence-corrected chi connectivity index (χ1v) is 5.90. The Morgan fingerprint density at radius 2 is 2.18 bits per heavy atom. The molecule has 0 amide bonds. The third kappa shape index (κ3) is 2.43. The predicted molar refractivity (Wildman–Crippen MR) is 67.6 cm³/mol. The summed E-state index contributed by atoms with van der Waals surface area (Å²) in [7, 11) is 1.90. The summed E-state index contributed by atoms with van der Waals surface area (Å²) in [6, 6.07) is 9.54. The maximum Gasteiger partial charge on any atom is 0.101 e. The van der Waals surface area contributed by atoms with Gasteiger partial charge in [-0.3, -0.25) is 4.68 Å². The molecule has 0 saturated heterocycles. The van der Waals surface area contributed by atoms with Crippen LogP contribution < -0.4 is 5.73 Å². The quantitative estimate of drug-likeness (QED) is 0.823. The van der Waals surface area contributed by atoms with E-state index in [1.165, 1.54) is 0 Å². The van der Waals surface area contributed by atoms with Crippen molar-refractivity contribution in [2.24, 2.45) is 7.05 Å². The molecule has 0 aliphatic rings. The summed E-state index contributed by atoms with van der Waals surface area (Å²) in [6.07, 6.45) is 0. The Morgan fingerprint density at radius 1 is 1.41 bits per heavy atom. The highest BCUT2D eigenvalue weighted by Gasteiger charge is 2.06. The van der Waals surface area contributed by atoms with Gasteiger partial charge in [-0.1, -0.05) is 11.8 Å². The summed E-state index contributed by atoms with van der Waals surface area (Å²) in [5, 5.41) is 14.2. The molecule has 0 radical (unpaired) electrons. The summed E-state index contributed by atoms with van der Waals surface area (Å²) in [6.45, 7) is 1.95. The van der Waals surface area contributed by atoms with Crippen molar-refractivity contribution in [1.82, 2.24) is 9.78 Å². The third-order valence-corrected chi connectivity index (χ3v) is 3.41. The molecule has 1 aromatic heterocycles. The molecule has 0 fully saturated rings. The molecule has 0 bridgehead atoms. The maximum atomic E-state index is 8.91. The molecule has 2 aromatic rings. The molecule has 0 atom stereocenters. The van der Waals surface area contributed by atoms with Crippen LogP contribution in [-0.2, 0) is 7.05 Å². The van der Waals surface area contributed by atoms with Crippen LogP contribution in [0.1, 0.15) is 11.3 Å². The number of nitrogens with zero attached hydrogens (tertiary/aromatic N) is 3. The fraction of sp³-hybridized carbons (Fsp3) is 0.167. The van der Waals surface area contributed by atoms with Crippen LogP contribution in [0.15, 0.2) is 34.2 Å². The first kappa shape index (κ1) is 11.6. The zero-order chi connectivity index (χ0) is 12.4. The van der Waals surface area contributed by atoms with E-state index in [9.17, 15) is 0 Å². The smallest absolute Gasteiger partial charge is 0.101 e. The van der Waals surface area contributed by atoms with Gasteiger partial charge in [-0.25, -0.2) is 0 Å². The van der Waals surface area contributed by atoms with E-state index in [2.05, 4.69) is 11.2 Å². The Bertz CT molecular complexity index is 595. The Hall–Kier alpha value is -1.93. The molecule has 86 valence electrons. The van der Waals surface area contributed by atoms with E-state index in [-0.39, 0.29) is 0 Å². The van der Waals surface area contributed by atoms with Crippen LogP contribution in [0.4, 0.5) is 5.69 Å². The second-order valence-electron chi connectivity index (χ2n) is 3.71. The van der Waals surface area contributed by atoms with E-state index in [0.29, 0.717) is 11.3 Å². The van der Waals surface area contributed by atoms with Crippen molar-refractivity contribution in [3.63, 3.8) is 0 Å². The zero-order valence-corrected chi connectivity index (χ0v) is 10.5. The van der Waals surface area contributed by atoms with Gasteiger partial charge in [0, 0.05) is 17.6 Å². The first-order valence-electron chi connectivity index (χ1n) is 5.08. The first-order chi connectivity index (χ1) is 8.10. The Kier molecular flexibility index (Phi) is 3.07. The van der Waals surface area contributed by atoms with E-state index < -0.39 is 0 Å². The van der Waals surface area contributed by atoms with Crippen molar-refractivity contribution in [2.75, 3.05) is 5.73 Å². The minimum absolute atomic E-state index is 0.508. The lowest BCUT2D eigenvalue weighted by molar-refractivity contribution is 0.692. The zero-order valence-electron chi connectivity index (χ0n) is 9.64. The van der Waals surface area contributed by atoms with Crippen molar-refractivity contribution in [2.45, 2.75) is 16.8 Å². The fourth-order valence-corrected chi connectivity index (χ4v) is 2.46. The summed E-state index contributed by atoms with van der Waals surface area (Å²) < 4.78 is 1.82. The van der Waals surface area contributed by atoms with Crippen LogP contribution in [0, 0.1) is 18.3 Å². The van der Waals surface area contributed by atoms with E-state index >= 15 is 0 Å². The monoisotopic (exact) mass is 244 g/mol. The van der Waals surface area contributed by atoms with Crippen LogP contribution in [0.2, 0.25) is 0 Å². The molecular formula is C12H12N4S. The number of hydrogen-bond donors (Lipinski definition) is 1. The number of aromatic nitrogens is 2. The molecule has 0 aliphatic carbocycles. The van der Waals surface area contributed by atoms with Gasteiger partial charge < -0.3 is 5.73 Å². The van der Waals surface area contributed by atoms with Gasteiger partial charge >= 0.3 is 0 Å². The number of benzene rings is 1. The van der Waals surface area contributed by atoms with Crippen LogP contribution in [0.5, 0.6) is 0 Å². The molecule has 4 nitrogen and oxygen atoms in total. The molecule has 17 heavy (non-hydrogen) atoms. The average molecular weight is 244 g/mol. The average Bonchev–Trinajstić information content (AvgIpc) is 2.60. The Morgan fingerprint density at radius 3 is 2.76 bits per heavy atom. The third-order valence-electron chi connectivity index (χ3n) is 2.33. The molecule has 0 unspecified atom stereocenters. The SMILES string of the molecule is Cc1cc(Sc2ccc(N)c(C#N)c2)n(C)n1. The molecule has 2 rings (SSSR count). The van der Waals surface area contributed by atoms with Gasteiger partial charge in [-0.05, 0) is 31.2 Å². The number of aryl methyl sites for hydroxylation is 2. The fourth-order valence-electron chi connectivity index (χ4n) is 1.50. The summed E-state index contributed by atoms with van der Waals surface area (Å²) >= 11 is 1.57. The van der Waals surface area contributed by atoms with Crippen molar-refractivity contribution in [1.29, 1.82) is 5.26 Å². The highest BCUT2D eigenvalue weighted by Crippen LogP contribution is 2.29. The Labute approximate surface area is 104 Å². The lowest BCUT2D eigenvalue weighted by Gasteiger charge is -2.03. The minimum Gasteiger partial charge on any atom is -0.398 e. The normalized spacial score (nSPS) is 10.2. The lowest BCUT2D eigenvalue weighted by atomic mass is 10.2. The standard InChI is InChI=1S/C12H12N4S/c1-8-5-12(16(2)15-8)17-10-3-4-11(14)9(6-10)7-13/h3-6H,14H2,1-2H3. The van der Waals surface area contributed by atoms with Gasteiger partial charge in [-0.15, -0.1) is 0 Å². The molecule has 2 N–H and O–H groups in total. The Balaban J connectivity index is 2.31.